The number of carbonyl (C=O) groups is 2. The van der Waals surface area contributed by atoms with Gasteiger partial charge in [0.2, 0.25) is 5.56 Å². The van der Waals surface area contributed by atoms with E-state index in [1.54, 1.807) is 29.2 Å². The van der Waals surface area contributed by atoms with Gasteiger partial charge < -0.3 is 14.6 Å². The number of nitrogens with zero attached hydrogens (tertiary/aromatic N) is 1. The van der Waals surface area contributed by atoms with Crippen molar-refractivity contribution in [3.63, 3.8) is 0 Å². The highest BCUT2D eigenvalue weighted by molar-refractivity contribution is 6.03. The topological polar surface area (TPSA) is 79.5 Å². The standard InChI is InChI=1S/C20H26N2O4/c1-5-13(3)22(14(4)6-2)19(24)12-26-20(25)16-11-18(23)21-17-10-8-7-9-15(16)17/h7-11,13-14H,5-6,12H2,1-4H3,(H,21,23)/t13-,14-/m0/s1. The van der Waals surface area contributed by atoms with E-state index in [0.29, 0.717) is 10.9 Å². The quantitative estimate of drug-likeness (QED) is 0.771. The fourth-order valence-electron chi connectivity index (χ4n) is 2.97. The van der Waals surface area contributed by atoms with E-state index >= 15 is 0 Å². The van der Waals surface area contributed by atoms with Crippen LogP contribution in [-0.2, 0) is 9.53 Å². The summed E-state index contributed by atoms with van der Waals surface area (Å²) in [7, 11) is 0. The second-order valence-electron chi connectivity index (χ2n) is 6.48. The number of fused-ring (bicyclic) bond motifs is 1. The van der Waals surface area contributed by atoms with Crippen LogP contribution in [-0.4, -0.2) is 40.5 Å². The van der Waals surface area contributed by atoms with Crippen LogP contribution in [0.1, 0.15) is 50.9 Å². The van der Waals surface area contributed by atoms with Crippen molar-refractivity contribution in [2.75, 3.05) is 6.61 Å². The van der Waals surface area contributed by atoms with Gasteiger partial charge in [-0.1, -0.05) is 32.0 Å². The van der Waals surface area contributed by atoms with E-state index in [-0.39, 0.29) is 35.7 Å². The second kappa shape index (κ2) is 8.65. The minimum Gasteiger partial charge on any atom is -0.452 e. The number of hydrogen-bond donors (Lipinski definition) is 1. The molecule has 2 rings (SSSR count). The molecule has 0 fully saturated rings. The smallest absolute Gasteiger partial charge is 0.339 e. The molecule has 0 bridgehead atoms. The molecule has 26 heavy (non-hydrogen) atoms. The van der Waals surface area contributed by atoms with E-state index in [1.165, 1.54) is 6.07 Å². The number of benzene rings is 1. The summed E-state index contributed by atoms with van der Waals surface area (Å²) in [6, 6.07) is 8.33. The van der Waals surface area contributed by atoms with Crippen LogP contribution in [0.4, 0.5) is 0 Å². The van der Waals surface area contributed by atoms with Gasteiger partial charge in [0.25, 0.3) is 5.91 Å². The lowest BCUT2D eigenvalue weighted by atomic mass is 10.1. The van der Waals surface area contributed by atoms with Crippen molar-refractivity contribution < 1.29 is 14.3 Å². The lowest BCUT2D eigenvalue weighted by Gasteiger charge is -2.33. The molecule has 1 amide bonds. The van der Waals surface area contributed by atoms with Crippen molar-refractivity contribution in [3.05, 3.63) is 46.2 Å². The summed E-state index contributed by atoms with van der Waals surface area (Å²) in [5.74, 6) is -0.898. The van der Waals surface area contributed by atoms with Gasteiger partial charge in [-0.15, -0.1) is 0 Å². The third kappa shape index (κ3) is 4.31. The zero-order valence-electron chi connectivity index (χ0n) is 15.7. The number of rotatable bonds is 7. The fraction of sp³-hybridized carbons (Fsp3) is 0.450. The summed E-state index contributed by atoms with van der Waals surface area (Å²) in [5.41, 5.74) is 0.331. The molecular weight excluding hydrogens is 332 g/mol. The van der Waals surface area contributed by atoms with Crippen molar-refractivity contribution in [2.45, 2.75) is 52.6 Å². The number of ether oxygens (including phenoxy) is 1. The number of pyridine rings is 1. The highest BCUT2D eigenvalue weighted by Crippen LogP contribution is 2.16. The Labute approximate surface area is 153 Å². The van der Waals surface area contributed by atoms with Gasteiger partial charge in [0.05, 0.1) is 5.56 Å². The predicted molar refractivity (Wildman–Crippen MR) is 101 cm³/mol. The van der Waals surface area contributed by atoms with E-state index in [1.807, 2.05) is 27.7 Å². The van der Waals surface area contributed by atoms with Gasteiger partial charge in [-0.25, -0.2) is 4.79 Å². The molecule has 2 aromatic rings. The number of aromatic nitrogens is 1. The van der Waals surface area contributed by atoms with Crippen molar-refractivity contribution in [2.24, 2.45) is 0 Å². The summed E-state index contributed by atoms with van der Waals surface area (Å²) in [5, 5.41) is 0.588. The summed E-state index contributed by atoms with van der Waals surface area (Å²) in [6.45, 7) is 7.66. The molecule has 1 aromatic carbocycles. The summed E-state index contributed by atoms with van der Waals surface area (Å²) < 4.78 is 5.24. The molecule has 1 heterocycles. The SMILES string of the molecule is CC[C@H](C)N(C(=O)COC(=O)c1cc(=O)[nH]c2ccccc12)[C@@H](C)CC. The monoisotopic (exact) mass is 358 g/mol. The van der Waals surface area contributed by atoms with Gasteiger partial charge in [0, 0.05) is 29.1 Å². The first-order chi connectivity index (χ1) is 12.4. The molecular formula is C20H26N2O4. The van der Waals surface area contributed by atoms with Crippen LogP contribution in [0, 0.1) is 0 Å². The Kier molecular flexibility index (Phi) is 6.55. The van der Waals surface area contributed by atoms with Crippen LogP contribution < -0.4 is 5.56 Å². The molecule has 6 heteroatoms. The zero-order chi connectivity index (χ0) is 19.3. The minimum atomic E-state index is -0.672. The molecule has 0 saturated carbocycles. The summed E-state index contributed by atoms with van der Waals surface area (Å²) in [4.78, 5) is 41.3. The Balaban J connectivity index is 2.18. The number of esters is 1. The Bertz CT molecular complexity index is 833. The molecule has 2 atom stereocenters. The van der Waals surface area contributed by atoms with Crippen LogP contribution in [0.2, 0.25) is 0 Å². The fourth-order valence-corrected chi connectivity index (χ4v) is 2.97. The third-order valence-electron chi connectivity index (χ3n) is 4.72. The van der Waals surface area contributed by atoms with E-state index < -0.39 is 5.97 Å². The minimum absolute atomic E-state index is 0.0663. The molecule has 0 saturated heterocycles. The molecule has 6 nitrogen and oxygen atoms in total. The number of hydrogen-bond acceptors (Lipinski definition) is 4. The van der Waals surface area contributed by atoms with E-state index in [0.717, 1.165) is 12.8 Å². The first-order valence-corrected chi connectivity index (χ1v) is 8.99. The third-order valence-corrected chi connectivity index (χ3v) is 4.72. The number of carbonyl (C=O) groups excluding carboxylic acids is 2. The molecule has 140 valence electrons. The van der Waals surface area contributed by atoms with E-state index in [4.69, 9.17) is 4.74 Å². The first-order valence-electron chi connectivity index (χ1n) is 8.99. The Hall–Kier alpha value is -2.63. The molecule has 0 spiro atoms. The normalized spacial score (nSPS) is 13.2. The van der Waals surface area contributed by atoms with Gasteiger partial charge in [-0.2, -0.15) is 0 Å². The Morgan fingerprint density at radius 3 is 2.35 bits per heavy atom. The summed E-state index contributed by atoms with van der Waals surface area (Å²) in [6.07, 6.45) is 1.64. The number of nitrogens with one attached hydrogen (secondary N) is 1. The number of aromatic amines is 1. The van der Waals surface area contributed by atoms with Crippen LogP contribution in [0.5, 0.6) is 0 Å². The van der Waals surface area contributed by atoms with Gasteiger partial charge in [0.1, 0.15) is 0 Å². The zero-order valence-corrected chi connectivity index (χ0v) is 15.7. The maximum Gasteiger partial charge on any atom is 0.339 e. The van der Waals surface area contributed by atoms with Gasteiger partial charge in [-0.3, -0.25) is 9.59 Å². The van der Waals surface area contributed by atoms with E-state index in [2.05, 4.69) is 4.98 Å². The predicted octanol–water partition coefficient (Wildman–Crippen LogP) is 3.11. The number of para-hydroxylation sites is 1. The van der Waals surface area contributed by atoms with Crippen molar-refractivity contribution in [1.82, 2.24) is 9.88 Å². The van der Waals surface area contributed by atoms with Crippen molar-refractivity contribution >= 4 is 22.8 Å². The van der Waals surface area contributed by atoms with Crippen LogP contribution >= 0.6 is 0 Å². The average Bonchev–Trinajstić information content (AvgIpc) is 2.64. The number of amides is 1. The molecule has 0 radical (unpaired) electrons. The Morgan fingerprint density at radius 1 is 1.12 bits per heavy atom. The molecule has 1 aromatic heterocycles. The first kappa shape index (κ1) is 19.7. The van der Waals surface area contributed by atoms with Gasteiger partial charge >= 0.3 is 5.97 Å². The molecule has 0 aliphatic carbocycles. The molecule has 1 N–H and O–H groups in total. The largest absolute Gasteiger partial charge is 0.452 e. The number of H-pyrrole nitrogens is 1. The lowest BCUT2D eigenvalue weighted by Crippen LogP contribution is -2.46. The van der Waals surface area contributed by atoms with Crippen LogP contribution in [0.25, 0.3) is 10.9 Å². The average molecular weight is 358 g/mol. The highest BCUT2D eigenvalue weighted by atomic mass is 16.5. The highest BCUT2D eigenvalue weighted by Gasteiger charge is 2.25. The van der Waals surface area contributed by atoms with Crippen LogP contribution in [0.15, 0.2) is 35.1 Å². The van der Waals surface area contributed by atoms with Crippen molar-refractivity contribution in [1.29, 1.82) is 0 Å². The van der Waals surface area contributed by atoms with Gasteiger partial charge in [-0.05, 0) is 32.8 Å². The molecule has 0 aliphatic rings. The van der Waals surface area contributed by atoms with E-state index in [9.17, 15) is 14.4 Å². The molecule has 0 unspecified atom stereocenters. The second-order valence-corrected chi connectivity index (χ2v) is 6.48. The maximum absolute atomic E-state index is 12.6. The molecule has 0 aliphatic heterocycles. The Morgan fingerprint density at radius 2 is 1.73 bits per heavy atom. The van der Waals surface area contributed by atoms with Crippen molar-refractivity contribution in [3.8, 4) is 0 Å². The van der Waals surface area contributed by atoms with Gasteiger partial charge in [0.15, 0.2) is 6.61 Å². The van der Waals surface area contributed by atoms with Crippen LogP contribution in [0.3, 0.4) is 0 Å². The lowest BCUT2D eigenvalue weighted by molar-refractivity contribution is -0.139. The summed E-state index contributed by atoms with van der Waals surface area (Å²) >= 11 is 0. The maximum atomic E-state index is 12.6.